The van der Waals surface area contributed by atoms with Crippen LogP contribution in [0.25, 0.3) is 0 Å². The summed E-state index contributed by atoms with van der Waals surface area (Å²) in [6.07, 6.45) is 2.84. The molecule has 0 bridgehead atoms. The number of carbonyl (C=O) groups excluding carboxylic acids is 1. The fourth-order valence-electron chi connectivity index (χ4n) is 4.24. The highest BCUT2D eigenvalue weighted by atomic mass is 16.5. The van der Waals surface area contributed by atoms with E-state index in [0.717, 1.165) is 59.9 Å². The zero-order chi connectivity index (χ0) is 19.0. The molecular weight excluding hydrogens is 344 g/mol. The van der Waals surface area contributed by atoms with E-state index in [1.807, 2.05) is 37.8 Å². The molecule has 0 saturated carbocycles. The average Bonchev–Trinajstić information content (AvgIpc) is 3.20. The number of benzene rings is 1. The highest BCUT2D eigenvalue weighted by Crippen LogP contribution is 2.39. The first-order valence-electron chi connectivity index (χ1n) is 9.69. The molecule has 2 aliphatic heterocycles. The first-order chi connectivity index (χ1) is 13.1. The molecule has 2 aliphatic rings. The van der Waals surface area contributed by atoms with Crippen molar-refractivity contribution in [1.29, 1.82) is 0 Å². The Balaban J connectivity index is 1.59. The molecule has 3 heterocycles. The number of likely N-dealkylation sites (tertiary alicyclic amines) is 1. The minimum Gasteiger partial charge on any atom is -0.490 e. The Morgan fingerprint density at radius 2 is 1.96 bits per heavy atom. The average molecular weight is 370 g/mol. The lowest BCUT2D eigenvalue weighted by Crippen LogP contribution is -2.34. The third kappa shape index (κ3) is 3.29. The van der Waals surface area contributed by atoms with E-state index in [1.54, 1.807) is 0 Å². The van der Waals surface area contributed by atoms with Crippen LogP contribution in [-0.4, -0.2) is 35.7 Å². The quantitative estimate of drug-likeness (QED) is 0.819. The van der Waals surface area contributed by atoms with Crippen LogP contribution in [0.15, 0.2) is 22.7 Å². The second-order valence-electron chi connectivity index (χ2n) is 7.41. The maximum absolute atomic E-state index is 13.3. The highest BCUT2D eigenvalue weighted by molar-refractivity contribution is 5.84. The Morgan fingerprint density at radius 3 is 2.70 bits per heavy atom. The van der Waals surface area contributed by atoms with Gasteiger partial charge in [-0.05, 0) is 51.3 Å². The molecule has 4 rings (SSSR count). The van der Waals surface area contributed by atoms with Crippen LogP contribution < -0.4 is 9.47 Å². The van der Waals surface area contributed by atoms with E-state index >= 15 is 0 Å². The predicted octanol–water partition coefficient (Wildman–Crippen LogP) is 3.92. The summed E-state index contributed by atoms with van der Waals surface area (Å²) in [4.78, 5) is 15.3. The highest BCUT2D eigenvalue weighted by Gasteiger charge is 2.35. The number of fused-ring (bicyclic) bond motifs is 1. The van der Waals surface area contributed by atoms with Crippen LogP contribution in [0.3, 0.4) is 0 Å². The number of hydrogen-bond acceptors (Lipinski definition) is 5. The van der Waals surface area contributed by atoms with Gasteiger partial charge in [0.05, 0.1) is 30.9 Å². The second kappa shape index (κ2) is 7.25. The zero-order valence-corrected chi connectivity index (χ0v) is 16.2. The maximum atomic E-state index is 13.3. The van der Waals surface area contributed by atoms with Crippen molar-refractivity contribution in [3.63, 3.8) is 0 Å². The Kier molecular flexibility index (Phi) is 4.81. The molecule has 1 amide bonds. The number of hydrogen-bond donors (Lipinski definition) is 0. The van der Waals surface area contributed by atoms with E-state index in [9.17, 15) is 4.79 Å². The van der Waals surface area contributed by atoms with Gasteiger partial charge in [-0.25, -0.2) is 0 Å². The van der Waals surface area contributed by atoms with Gasteiger partial charge in [-0.2, -0.15) is 0 Å². The summed E-state index contributed by atoms with van der Waals surface area (Å²) in [5.74, 6) is 2.15. The van der Waals surface area contributed by atoms with Crippen LogP contribution >= 0.6 is 0 Å². The van der Waals surface area contributed by atoms with Crippen molar-refractivity contribution < 1.29 is 18.8 Å². The zero-order valence-electron chi connectivity index (χ0n) is 16.2. The molecule has 27 heavy (non-hydrogen) atoms. The lowest BCUT2D eigenvalue weighted by Gasteiger charge is -2.28. The van der Waals surface area contributed by atoms with E-state index < -0.39 is 0 Å². The van der Waals surface area contributed by atoms with Gasteiger partial charge in [0.15, 0.2) is 11.5 Å². The third-order valence-electron chi connectivity index (χ3n) is 5.58. The van der Waals surface area contributed by atoms with E-state index in [-0.39, 0.29) is 17.9 Å². The topological polar surface area (TPSA) is 64.8 Å². The van der Waals surface area contributed by atoms with E-state index in [0.29, 0.717) is 13.2 Å². The molecule has 0 spiro atoms. The number of aryl methyl sites for hydroxylation is 2. The molecule has 6 heteroatoms. The van der Waals surface area contributed by atoms with Gasteiger partial charge in [-0.15, -0.1) is 0 Å². The van der Waals surface area contributed by atoms with Crippen LogP contribution in [0.4, 0.5) is 0 Å². The third-order valence-corrected chi connectivity index (χ3v) is 5.58. The van der Waals surface area contributed by atoms with E-state index in [4.69, 9.17) is 14.0 Å². The monoisotopic (exact) mass is 370 g/mol. The van der Waals surface area contributed by atoms with Gasteiger partial charge >= 0.3 is 0 Å². The number of rotatable bonds is 3. The van der Waals surface area contributed by atoms with Crippen molar-refractivity contribution in [1.82, 2.24) is 10.1 Å². The van der Waals surface area contributed by atoms with Crippen molar-refractivity contribution in [3.05, 3.63) is 40.8 Å². The van der Waals surface area contributed by atoms with Crippen LogP contribution in [0.5, 0.6) is 11.5 Å². The van der Waals surface area contributed by atoms with Gasteiger partial charge in [0.1, 0.15) is 5.76 Å². The van der Waals surface area contributed by atoms with Crippen LogP contribution in [0.1, 0.15) is 60.7 Å². The maximum Gasteiger partial charge on any atom is 0.230 e. The van der Waals surface area contributed by atoms with Gasteiger partial charge in [0, 0.05) is 18.5 Å². The van der Waals surface area contributed by atoms with Crippen LogP contribution in [-0.2, 0) is 4.79 Å². The largest absolute Gasteiger partial charge is 0.490 e. The Bertz CT molecular complexity index is 825. The molecule has 2 aromatic rings. The van der Waals surface area contributed by atoms with E-state index in [2.05, 4.69) is 11.2 Å². The van der Waals surface area contributed by atoms with Crippen molar-refractivity contribution in [2.45, 2.75) is 52.0 Å². The summed E-state index contributed by atoms with van der Waals surface area (Å²) in [6, 6.07) is 6.13. The van der Waals surface area contributed by atoms with Crippen molar-refractivity contribution in [3.8, 4) is 11.5 Å². The molecule has 0 radical (unpaired) electrons. The predicted molar refractivity (Wildman–Crippen MR) is 100 cm³/mol. The molecule has 0 aliphatic carbocycles. The number of nitrogens with zero attached hydrogens (tertiary/aromatic N) is 2. The minimum absolute atomic E-state index is 0.0672. The van der Waals surface area contributed by atoms with Gasteiger partial charge in [0.2, 0.25) is 5.91 Å². The molecule has 0 N–H and O–H groups in total. The second-order valence-corrected chi connectivity index (χ2v) is 7.41. The molecule has 2 atom stereocenters. The molecule has 1 saturated heterocycles. The smallest absolute Gasteiger partial charge is 0.230 e. The summed E-state index contributed by atoms with van der Waals surface area (Å²) >= 11 is 0. The van der Waals surface area contributed by atoms with Crippen molar-refractivity contribution in [2.24, 2.45) is 0 Å². The normalized spacial score (nSPS) is 20.4. The lowest BCUT2D eigenvalue weighted by molar-refractivity contribution is -0.133. The SMILES string of the molecule is Cc1noc(C)c1[C@H](C)C(=O)N1CCC[C@@H]1c1ccc2c(c1)OCCCO2. The number of ether oxygens (including phenoxy) is 2. The molecular formula is C21H26N2O4. The van der Waals surface area contributed by atoms with Gasteiger partial charge in [-0.1, -0.05) is 11.2 Å². The Morgan fingerprint density at radius 1 is 1.19 bits per heavy atom. The number of carbonyl (C=O) groups is 1. The molecule has 144 valence electrons. The van der Waals surface area contributed by atoms with Crippen LogP contribution in [0, 0.1) is 13.8 Å². The first kappa shape index (κ1) is 17.9. The summed E-state index contributed by atoms with van der Waals surface area (Å²) in [5, 5.41) is 4.00. The first-order valence-corrected chi connectivity index (χ1v) is 9.69. The van der Waals surface area contributed by atoms with Gasteiger partial charge < -0.3 is 18.9 Å². The van der Waals surface area contributed by atoms with Crippen molar-refractivity contribution >= 4 is 5.91 Å². The molecule has 1 aromatic heterocycles. The van der Waals surface area contributed by atoms with Gasteiger partial charge in [-0.3, -0.25) is 4.79 Å². The van der Waals surface area contributed by atoms with Crippen molar-refractivity contribution in [2.75, 3.05) is 19.8 Å². The molecule has 0 unspecified atom stereocenters. The van der Waals surface area contributed by atoms with Gasteiger partial charge in [0.25, 0.3) is 0 Å². The summed E-state index contributed by atoms with van der Waals surface area (Å²) in [7, 11) is 0. The Hall–Kier alpha value is -2.50. The summed E-state index contributed by atoms with van der Waals surface area (Å²) in [6.45, 7) is 7.80. The number of amides is 1. The fraction of sp³-hybridized carbons (Fsp3) is 0.524. The standard InChI is InChI=1S/C21H26N2O4/c1-13(20-14(2)22-27-15(20)3)21(24)23-9-4-6-17(23)16-7-8-18-19(12-16)26-11-5-10-25-18/h7-8,12-13,17H,4-6,9-11H2,1-3H3/t13-,17+/m0/s1. The fourth-order valence-corrected chi connectivity index (χ4v) is 4.24. The minimum atomic E-state index is -0.266. The summed E-state index contributed by atoms with van der Waals surface area (Å²) in [5.41, 5.74) is 2.81. The van der Waals surface area contributed by atoms with Crippen LogP contribution in [0.2, 0.25) is 0 Å². The number of aromatic nitrogens is 1. The Labute approximate surface area is 159 Å². The molecule has 1 fully saturated rings. The summed E-state index contributed by atoms with van der Waals surface area (Å²) < 4.78 is 16.8. The lowest BCUT2D eigenvalue weighted by atomic mass is 9.96. The molecule has 6 nitrogen and oxygen atoms in total. The van der Waals surface area contributed by atoms with E-state index in [1.165, 1.54) is 0 Å². The molecule has 1 aromatic carbocycles.